The van der Waals surface area contributed by atoms with Gasteiger partial charge in [-0.25, -0.2) is 0 Å². The van der Waals surface area contributed by atoms with Crippen molar-refractivity contribution in [3.05, 3.63) is 50.9 Å². The Kier molecular flexibility index (Phi) is 6.13. The summed E-state index contributed by atoms with van der Waals surface area (Å²) in [6.07, 6.45) is 4.23. The third-order valence-electron chi connectivity index (χ3n) is 4.98. The van der Waals surface area contributed by atoms with E-state index < -0.39 is 17.5 Å². The number of rotatable bonds is 4. The number of benzene rings is 1. The van der Waals surface area contributed by atoms with E-state index in [1.54, 1.807) is 13.0 Å². The maximum absolute atomic E-state index is 12.8. The lowest BCUT2D eigenvalue weighted by Crippen LogP contribution is -2.39. The van der Waals surface area contributed by atoms with E-state index in [9.17, 15) is 20.1 Å². The minimum Gasteiger partial charge on any atom is -0.507 e. The van der Waals surface area contributed by atoms with Crippen LogP contribution in [-0.2, 0) is 0 Å². The van der Waals surface area contributed by atoms with Gasteiger partial charge in [-0.05, 0) is 26.3 Å². The van der Waals surface area contributed by atoms with E-state index in [-0.39, 0.29) is 28.2 Å². The Labute approximate surface area is 167 Å². The Balaban J connectivity index is 2.33. The van der Waals surface area contributed by atoms with E-state index in [1.807, 2.05) is 13.0 Å². The lowest BCUT2D eigenvalue weighted by atomic mass is 9.86. The van der Waals surface area contributed by atoms with Gasteiger partial charge in [-0.2, -0.15) is 0 Å². The molecular weight excluding hydrogens is 382 g/mol. The van der Waals surface area contributed by atoms with Crippen molar-refractivity contribution >= 4 is 28.1 Å². The second-order valence-corrected chi connectivity index (χ2v) is 7.50. The van der Waals surface area contributed by atoms with Crippen LogP contribution in [0.5, 0.6) is 11.5 Å². The Bertz CT molecular complexity index is 1000. The highest BCUT2D eigenvalue weighted by Gasteiger charge is 2.31. The van der Waals surface area contributed by atoms with Gasteiger partial charge in [0.1, 0.15) is 28.2 Å². The third-order valence-corrected chi connectivity index (χ3v) is 5.18. The maximum Gasteiger partial charge on any atom is 0.197 e. The predicted octanol–water partition coefficient (Wildman–Crippen LogP) is 3.58. The minimum atomic E-state index is -0.758. The lowest BCUT2D eigenvalue weighted by molar-refractivity contribution is 0.117. The Morgan fingerprint density at radius 1 is 1.36 bits per heavy atom. The van der Waals surface area contributed by atoms with Gasteiger partial charge in [0, 0.05) is 40.8 Å². The average molecular weight is 406 g/mol. The molecule has 1 saturated heterocycles. The van der Waals surface area contributed by atoms with E-state index in [0.717, 1.165) is 12.5 Å². The average Bonchev–Trinajstić information content (AvgIpc) is 2.62. The van der Waals surface area contributed by atoms with Gasteiger partial charge < -0.3 is 25.1 Å². The molecule has 2 unspecified atom stereocenters. The van der Waals surface area contributed by atoms with Gasteiger partial charge in [0.05, 0.1) is 6.10 Å². The highest BCUT2D eigenvalue weighted by molar-refractivity contribution is 6.32. The number of piperidine rings is 1. The van der Waals surface area contributed by atoms with Crippen molar-refractivity contribution in [3.63, 3.8) is 0 Å². The number of phenolic OH excluding ortho intramolecular Hbond substituents is 2. The zero-order valence-corrected chi connectivity index (χ0v) is 16.6. The van der Waals surface area contributed by atoms with Gasteiger partial charge in [0.2, 0.25) is 0 Å². The molecule has 2 heterocycles. The lowest BCUT2D eigenvalue weighted by Gasteiger charge is -2.29. The van der Waals surface area contributed by atoms with Gasteiger partial charge in [0.15, 0.2) is 5.43 Å². The minimum absolute atomic E-state index is 0.0201. The highest BCUT2D eigenvalue weighted by Crippen LogP contribution is 2.41. The van der Waals surface area contributed by atoms with Gasteiger partial charge in [-0.3, -0.25) is 4.79 Å². The van der Waals surface area contributed by atoms with Crippen LogP contribution in [0.3, 0.4) is 0 Å². The molecule has 7 heteroatoms. The van der Waals surface area contributed by atoms with Crippen LogP contribution in [0.25, 0.3) is 16.5 Å². The Hall–Kier alpha value is -2.28. The quantitative estimate of drug-likeness (QED) is 0.580. The molecule has 150 valence electrons. The van der Waals surface area contributed by atoms with Gasteiger partial charge in [-0.1, -0.05) is 30.7 Å². The molecule has 1 aliphatic heterocycles. The highest BCUT2D eigenvalue weighted by atomic mass is 35.5. The van der Waals surface area contributed by atoms with Crippen LogP contribution < -0.4 is 10.7 Å². The third kappa shape index (κ3) is 3.81. The molecule has 1 fully saturated rings. The first-order valence-corrected chi connectivity index (χ1v) is 9.67. The first-order valence-electron chi connectivity index (χ1n) is 9.29. The maximum atomic E-state index is 12.8. The summed E-state index contributed by atoms with van der Waals surface area (Å²) in [5.74, 6) is -0.770. The summed E-state index contributed by atoms with van der Waals surface area (Å²) < 4.78 is 6.01. The van der Waals surface area contributed by atoms with Crippen molar-refractivity contribution in [3.8, 4) is 11.5 Å². The number of hydrogen-bond donors (Lipinski definition) is 4. The first-order chi connectivity index (χ1) is 13.3. The molecule has 4 N–H and O–H groups in total. The SMILES string of the molecule is CC/C=C\C(=C(/C)Cl)c1cc(=O)c2c(O)cc(O)c(C3CCNCC3O)c2o1. The number of hydrogen-bond acceptors (Lipinski definition) is 6. The summed E-state index contributed by atoms with van der Waals surface area (Å²) in [6.45, 7) is 4.68. The molecule has 1 aromatic carbocycles. The zero-order chi connectivity index (χ0) is 20.4. The molecule has 0 bridgehead atoms. The summed E-state index contributed by atoms with van der Waals surface area (Å²) in [5, 5.41) is 34.7. The number of aliphatic hydroxyl groups is 1. The number of halogens is 1. The second kappa shape index (κ2) is 8.39. The fourth-order valence-electron chi connectivity index (χ4n) is 3.59. The van der Waals surface area contributed by atoms with Crippen LogP contribution in [0, 0.1) is 0 Å². The topological polar surface area (TPSA) is 103 Å². The van der Waals surface area contributed by atoms with Crippen molar-refractivity contribution in [2.45, 2.75) is 38.7 Å². The predicted molar refractivity (Wildman–Crippen MR) is 110 cm³/mol. The fourth-order valence-corrected chi connectivity index (χ4v) is 3.75. The number of fused-ring (bicyclic) bond motifs is 1. The number of phenols is 2. The number of nitrogens with one attached hydrogen (secondary N) is 1. The molecule has 2 aromatic rings. The largest absolute Gasteiger partial charge is 0.507 e. The van der Waals surface area contributed by atoms with Gasteiger partial charge in [0.25, 0.3) is 0 Å². The van der Waals surface area contributed by atoms with E-state index in [0.29, 0.717) is 35.7 Å². The number of allylic oxidation sites excluding steroid dienone is 4. The van der Waals surface area contributed by atoms with Crippen molar-refractivity contribution < 1.29 is 19.7 Å². The molecule has 1 aromatic heterocycles. The summed E-state index contributed by atoms with van der Waals surface area (Å²) in [6, 6.07) is 2.41. The van der Waals surface area contributed by atoms with E-state index in [1.165, 1.54) is 6.07 Å². The molecule has 0 spiro atoms. The molecule has 0 amide bonds. The second-order valence-electron chi connectivity index (χ2n) is 6.93. The van der Waals surface area contributed by atoms with Gasteiger partial charge >= 0.3 is 0 Å². The molecule has 0 radical (unpaired) electrons. The van der Waals surface area contributed by atoms with Crippen molar-refractivity contribution in [2.24, 2.45) is 0 Å². The zero-order valence-electron chi connectivity index (χ0n) is 15.8. The van der Waals surface area contributed by atoms with Crippen LogP contribution in [0.4, 0.5) is 0 Å². The Morgan fingerprint density at radius 3 is 2.75 bits per heavy atom. The van der Waals surface area contributed by atoms with Crippen molar-refractivity contribution in [1.29, 1.82) is 0 Å². The normalized spacial score (nSPS) is 21.3. The monoisotopic (exact) mass is 405 g/mol. The molecule has 0 aliphatic carbocycles. The fraction of sp³-hybridized carbons (Fsp3) is 0.381. The molecular formula is C21H24ClNO5. The van der Waals surface area contributed by atoms with Crippen LogP contribution in [0.2, 0.25) is 0 Å². The first kappa shape index (κ1) is 20.5. The molecule has 2 atom stereocenters. The summed E-state index contributed by atoms with van der Waals surface area (Å²) in [5.41, 5.74) is 0.499. The molecule has 6 nitrogen and oxygen atoms in total. The summed E-state index contributed by atoms with van der Waals surface area (Å²) in [4.78, 5) is 12.8. The smallest absolute Gasteiger partial charge is 0.197 e. The van der Waals surface area contributed by atoms with Crippen LogP contribution in [0.15, 0.2) is 38.5 Å². The standard InChI is InChI=1S/C21H24ClNO5/c1-3-4-5-12(11(2)22)18-9-16(26)20-15(25)8-14(24)19(21(20)28-18)13-6-7-23-10-17(13)27/h4-5,8-9,13,17,23-25,27H,3,6-7,10H2,1-2H3/b5-4-,12-11-. The van der Waals surface area contributed by atoms with E-state index in [4.69, 9.17) is 16.0 Å². The molecule has 1 aliphatic rings. The van der Waals surface area contributed by atoms with E-state index in [2.05, 4.69) is 5.32 Å². The molecule has 3 rings (SSSR count). The van der Waals surface area contributed by atoms with Gasteiger partial charge in [-0.15, -0.1) is 0 Å². The Morgan fingerprint density at radius 2 is 2.11 bits per heavy atom. The van der Waals surface area contributed by atoms with E-state index >= 15 is 0 Å². The number of aromatic hydroxyl groups is 2. The molecule has 0 saturated carbocycles. The van der Waals surface area contributed by atoms with Crippen LogP contribution >= 0.6 is 11.6 Å². The summed E-state index contributed by atoms with van der Waals surface area (Å²) >= 11 is 6.21. The summed E-state index contributed by atoms with van der Waals surface area (Å²) in [7, 11) is 0. The number of aliphatic hydroxyl groups excluding tert-OH is 1. The number of β-amino-alcohol motifs (C(OH)–C–C–N with tert-alkyl or cyclic N) is 1. The van der Waals surface area contributed by atoms with Crippen LogP contribution in [-0.4, -0.2) is 34.5 Å². The van der Waals surface area contributed by atoms with Crippen LogP contribution in [0.1, 0.15) is 43.9 Å². The van der Waals surface area contributed by atoms with Crippen molar-refractivity contribution in [1.82, 2.24) is 5.32 Å². The molecule has 28 heavy (non-hydrogen) atoms. The van der Waals surface area contributed by atoms with Crippen molar-refractivity contribution in [2.75, 3.05) is 13.1 Å².